The lowest BCUT2D eigenvalue weighted by Gasteiger charge is -2.13. The zero-order valence-corrected chi connectivity index (χ0v) is 17.6. The Balaban J connectivity index is 1.24. The number of rotatable bonds is 5. The van der Waals surface area contributed by atoms with E-state index in [1.165, 1.54) is 11.3 Å². The molecule has 0 unspecified atom stereocenters. The number of nitrogen functional groups attached to an aromatic ring is 1. The Morgan fingerprint density at radius 2 is 1.94 bits per heavy atom. The van der Waals surface area contributed by atoms with Gasteiger partial charge in [-0.3, -0.25) is 10.00 Å². The van der Waals surface area contributed by atoms with E-state index in [2.05, 4.69) is 37.3 Å². The lowest BCUT2D eigenvalue weighted by Crippen LogP contribution is -2.20. The van der Waals surface area contributed by atoms with Gasteiger partial charge < -0.3 is 10.5 Å². The molecule has 160 valence electrons. The molecule has 0 radical (unpaired) electrons. The molecule has 6 rings (SSSR count). The molecule has 3 N–H and O–H groups in total. The summed E-state index contributed by atoms with van der Waals surface area (Å²) in [7, 11) is 1.62. The molecule has 0 aliphatic carbocycles. The van der Waals surface area contributed by atoms with Crippen LogP contribution in [0.2, 0.25) is 0 Å². The fraction of sp³-hybridized carbons (Fsp3) is 0.217. The van der Waals surface area contributed by atoms with Crippen molar-refractivity contribution in [1.82, 2.24) is 34.7 Å². The fourth-order valence-corrected chi connectivity index (χ4v) is 4.40. The molecule has 0 saturated carbocycles. The van der Waals surface area contributed by atoms with E-state index < -0.39 is 0 Å². The molecular weight excluding hydrogens is 404 g/mol. The lowest BCUT2D eigenvalue weighted by molar-refractivity contribution is 0.283. The highest BCUT2D eigenvalue weighted by Crippen LogP contribution is 2.31. The van der Waals surface area contributed by atoms with Gasteiger partial charge in [-0.1, -0.05) is 36.4 Å². The number of aromatic amines is 1. The number of hydrogen-bond acceptors (Lipinski definition) is 7. The molecule has 9 heteroatoms. The largest absolute Gasteiger partial charge is 0.494 e. The van der Waals surface area contributed by atoms with Gasteiger partial charge in [-0.2, -0.15) is 9.61 Å². The summed E-state index contributed by atoms with van der Waals surface area (Å²) in [5.74, 6) is 1.71. The van der Waals surface area contributed by atoms with Gasteiger partial charge in [0.1, 0.15) is 11.3 Å². The van der Waals surface area contributed by atoms with Crippen LogP contribution in [0.3, 0.4) is 0 Å². The fourth-order valence-electron chi connectivity index (χ4n) is 4.40. The number of nitrogens with two attached hydrogens (primary N) is 1. The molecular formula is C23H22N8O. The van der Waals surface area contributed by atoms with Crippen molar-refractivity contribution in [2.75, 3.05) is 19.4 Å². The maximum Gasteiger partial charge on any atom is 0.223 e. The molecule has 0 spiro atoms. The molecule has 0 saturated heterocycles. The van der Waals surface area contributed by atoms with Gasteiger partial charge in [0.05, 0.1) is 18.5 Å². The molecule has 0 bridgehead atoms. The van der Waals surface area contributed by atoms with Crippen LogP contribution in [0.5, 0.6) is 5.75 Å². The standard InChI is InChI=1S/C23H22N8O/c1-32-18-9-5-8-15-21(18)26-23(24)31-22(15)25-19(29-31)10-11-30-12-16-17(13-30)27-28-20(16)14-6-3-2-4-7-14/h2-9H,10-13H2,1H3,(H2,24,26)(H,27,28). The Hall–Kier alpha value is -3.98. The van der Waals surface area contributed by atoms with Crippen molar-refractivity contribution in [3.63, 3.8) is 0 Å². The molecule has 0 atom stereocenters. The topological polar surface area (TPSA) is 110 Å². The zero-order valence-electron chi connectivity index (χ0n) is 17.6. The van der Waals surface area contributed by atoms with Crippen LogP contribution in [0.25, 0.3) is 27.8 Å². The number of hydrogen-bond donors (Lipinski definition) is 2. The van der Waals surface area contributed by atoms with Crippen LogP contribution in [0, 0.1) is 0 Å². The highest BCUT2D eigenvalue weighted by molar-refractivity contribution is 5.95. The van der Waals surface area contributed by atoms with Gasteiger partial charge in [-0.15, -0.1) is 5.10 Å². The van der Waals surface area contributed by atoms with Gasteiger partial charge in [0, 0.05) is 42.6 Å². The Labute approximate surface area is 183 Å². The molecule has 3 aromatic heterocycles. The van der Waals surface area contributed by atoms with Gasteiger partial charge in [0.25, 0.3) is 0 Å². The Morgan fingerprint density at radius 3 is 2.78 bits per heavy atom. The third-order valence-corrected chi connectivity index (χ3v) is 5.97. The molecule has 5 aromatic rings. The highest BCUT2D eigenvalue weighted by Gasteiger charge is 2.25. The summed E-state index contributed by atoms with van der Waals surface area (Å²) in [5, 5.41) is 13.2. The van der Waals surface area contributed by atoms with Crippen molar-refractivity contribution in [2.45, 2.75) is 19.5 Å². The third kappa shape index (κ3) is 2.97. The normalized spacial score (nSPS) is 13.8. The number of nitrogens with one attached hydrogen (secondary N) is 1. The summed E-state index contributed by atoms with van der Waals surface area (Å²) in [6.07, 6.45) is 0.713. The molecule has 0 amide bonds. The number of benzene rings is 2. The molecule has 2 aromatic carbocycles. The summed E-state index contributed by atoms with van der Waals surface area (Å²) in [6, 6.07) is 16.0. The van der Waals surface area contributed by atoms with Gasteiger partial charge in [-0.25, -0.2) is 9.97 Å². The zero-order chi connectivity index (χ0) is 21.7. The van der Waals surface area contributed by atoms with E-state index >= 15 is 0 Å². The van der Waals surface area contributed by atoms with Crippen LogP contribution in [0.1, 0.15) is 17.1 Å². The third-order valence-electron chi connectivity index (χ3n) is 5.97. The first kappa shape index (κ1) is 18.8. The number of para-hydroxylation sites is 1. The Kier molecular flexibility index (Phi) is 4.29. The number of nitrogens with zero attached hydrogens (tertiary/aromatic N) is 6. The number of methoxy groups -OCH3 is 1. The van der Waals surface area contributed by atoms with Crippen LogP contribution < -0.4 is 10.5 Å². The molecule has 1 aliphatic heterocycles. The average molecular weight is 426 g/mol. The maximum atomic E-state index is 6.17. The van der Waals surface area contributed by atoms with E-state index in [1.54, 1.807) is 11.6 Å². The summed E-state index contributed by atoms with van der Waals surface area (Å²) < 4.78 is 7.04. The minimum absolute atomic E-state index is 0.297. The summed E-state index contributed by atoms with van der Waals surface area (Å²) in [5.41, 5.74) is 12.2. The van der Waals surface area contributed by atoms with E-state index in [-0.39, 0.29) is 0 Å². The average Bonchev–Trinajstić information content (AvgIpc) is 3.52. The number of H-pyrrole nitrogens is 1. The number of aromatic nitrogens is 6. The first-order valence-corrected chi connectivity index (χ1v) is 10.5. The first-order valence-electron chi connectivity index (χ1n) is 10.5. The van der Waals surface area contributed by atoms with Crippen molar-refractivity contribution < 1.29 is 4.74 Å². The van der Waals surface area contributed by atoms with Crippen LogP contribution in [0.4, 0.5) is 5.95 Å². The van der Waals surface area contributed by atoms with Gasteiger partial charge in [-0.05, 0) is 12.1 Å². The van der Waals surface area contributed by atoms with Crippen molar-refractivity contribution >= 4 is 22.5 Å². The molecule has 0 fully saturated rings. The van der Waals surface area contributed by atoms with Gasteiger partial charge in [0.15, 0.2) is 11.5 Å². The number of anilines is 1. The second kappa shape index (κ2) is 7.31. The summed E-state index contributed by atoms with van der Waals surface area (Å²) >= 11 is 0. The summed E-state index contributed by atoms with van der Waals surface area (Å²) in [4.78, 5) is 11.6. The van der Waals surface area contributed by atoms with Crippen LogP contribution in [-0.2, 0) is 19.5 Å². The number of ether oxygens (including phenoxy) is 1. The SMILES string of the molecule is COc1cccc2c1nc(N)n1nc(CCN3Cc4[nH]nc(-c5ccccc5)c4C3)nc21. The van der Waals surface area contributed by atoms with Crippen LogP contribution >= 0.6 is 0 Å². The molecule has 32 heavy (non-hydrogen) atoms. The molecule has 1 aliphatic rings. The first-order chi connectivity index (χ1) is 15.7. The smallest absolute Gasteiger partial charge is 0.223 e. The molecule has 4 heterocycles. The second-order valence-electron chi connectivity index (χ2n) is 7.95. The Bertz CT molecular complexity index is 1440. The van der Waals surface area contributed by atoms with Crippen molar-refractivity contribution in [3.05, 3.63) is 65.6 Å². The molecule has 9 nitrogen and oxygen atoms in total. The van der Waals surface area contributed by atoms with Gasteiger partial charge in [0.2, 0.25) is 5.95 Å². The predicted molar refractivity (Wildman–Crippen MR) is 121 cm³/mol. The summed E-state index contributed by atoms with van der Waals surface area (Å²) in [6.45, 7) is 2.53. The van der Waals surface area contributed by atoms with E-state index in [9.17, 15) is 0 Å². The highest BCUT2D eigenvalue weighted by atomic mass is 16.5. The minimum Gasteiger partial charge on any atom is -0.494 e. The van der Waals surface area contributed by atoms with Gasteiger partial charge >= 0.3 is 0 Å². The quantitative estimate of drug-likeness (QED) is 0.445. The van der Waals surface area contributed by atoms with Crippen LogP contribution in [-0.4, -0.2) is 48.3 Å². The second-order valence-corrected chi connectivity index (χ2v) is 7.95. The predicted octanol–water partition coefficient (Wildman–Crippen LogP) is 2.82. The van der Waals surface area contributed by atoms with E-state index in [0.29, 0.717) is 29.3 Å². The van der Waals surface area contributed by atoms with E-state index in [4.69, 9.17) is 15.5 Å². The van der Waals surface area contributed by atoms with Crippen molar-refractivity contribution in [3.8, 4) is 17.0 Å². The minimum atomic E-state index is 0.297. The van der Waals surface area contributed by atoms with Crippen LogP contribution in [0.15, 0.2) is 48.5 Å². The van der Waals surface area contributed by atoms with Crippen molar-refractivity contribution in [2.24, 2.45) is 0 Å². The monoisotopic (exact) mass is 426 g/mol. The Morgan fingerprint density at radius 1 is 1.06 bits per heavy atom. The van der Waals surface area contributed by atoms with E-state index in [1.807, 2.05) is 36.4 Å². The lowest BCUT2D eigenvalue weighted by atomic mass is 10.1. The maximum absolute atomic E-state index is 6.17. The number of fused-ring (bicyclic) bond motifs is 4. The van der Waals surface area contributed by atoms with E-state index in [0.717, 1.165) is 42.1 Å². The van der Waals surface area contributed by atoms with Crippen molar-refractivity contribution in [1.29, 1.82) is 0 Å².